The zero-order chi connectivity index (χ0) is 27.9. The van der Waals surface area contributed by atoms with Gasteiger partial charge in [0, 0.05) is 31.1 Å². The fourth-order valence-corrected chi connectivity index (χ4v) is 5.39. The van der Waals surface area contributed by atoms with Crippen molar-refractivity contribution in [3.05, 3.63) is 69.8 Å². The first kappa shape index (κ1) is 29.6. The quantitative estimate of drug-likeness (QED) is 0.351. The van der Waals surface area contributed by atoms with E-state index in [4.69, 9.17) is 26.2 Å². The number of rotatable bonds is 7. The number of hydrogen-bond donors (Lipinski definition) is 2. The Kier molecular flexibility index (Phi) is 9.93. The van der Waals surface area contributed by atoms with E-state index in [1.807, 2.05) is 18.2 Å². The van der Waals surface area contributed by atoms with Crippen molar-refractivity contribution in [1.29, 1.82) is 0 Å². The van der Waals surface area contributed by atoms with E-state index >= 15 is 0 Å². The Morgan fingerprint density at radius 2 is 1.84 bits per heavy atom. The van der Waals surface area contributed by atoms with Gasteiger partial charge in [-0.1, -0.05) is 41.9 Å². The maximum absolute atomic E-state index is 14.6. The second-order valence-electron chi connectivity index (χ2n) is 8.07. The van der Waals surface area contributed by atoms with Gasteiger partial charge in [0.05, 0.1) is 10.5 Å². The number of sulfonamides is 1. The molecular weight excluding hydrogens is 574 g/mol. The van der Waals surface area contributed by atoms with Gasteiger partial charge in [0.1, 0.15) is 22.6 Å². The zero-order valence-corrected chi connectivity index (χ0v) is 21.9. The monoisotopic (exact) mass is 595 g/mol. The summed E-state index contributed by atoms with van der Waals surface area (Å²) >= 11 is 7.46. The highest BCUT2D eigenvalue weighted by Gasteiger charge is 2.38. The number of carboxylic acids is 1. The topological polar surface area (TPSA) is 109 Å². The highest BCUT2D eigenvalue weighted by atomic mass is 35.5. The number of anilines is 1. The lowest BCUT2D eigenvalue weighted by Crippen LogP contribution is -2.37. The molecule has 0 saturated carbocycles. The molecule has 38 heavy (non-hydrogen) atoms. The molecule has 15 heteroatoms. The SMILES string of the molecule is O=C(O)C(F)(F)F.O=S(=O)(Nc1cscn1)c1cc(Cl)c(OC2CCN(Cc3ccccc3)CC2)cc1F. The van der Waals surface area contributed by atoms with E-state index in [-0.39, 0.29) is 22.7 Å². The van der Waals surface area contributed by atoms with Gasteiger partial charge in [0.2, 0.25) is 0 Å². The molecule has 1 aliphatic rings. The molecule has 1 fully saturated rings. The zero-order valence-electron chi connectivity index (χ0n) is 19.5. The number of carbonyl (C=O) groups is 1. The minimum absolute atomic E-state index is 0.0479. The summed E-state index contributed by atoms with van der Waals surface area (Å²) in [6, 6.07) is 12.4. The number of hydrogen-bond acceptors (Lipinski definition) is 7. The predicted molar refractivity (Wildman–Crippen MR) is 133 cm³/mol. The molecule has 1 aliphatic heterocycles. The first-order valence-corrected chi connectivity index (χ1v) is 13.8. The van der Waals surface area contributed by atoms with E-state index in [9.17, 15) is 26.0 Å². The number of likely N-dealkylation sites (tertiary alicyclic amines) is 1. The van der Waals surface area contributed by atoms with Crippen molar-refractivity contribution in [2.24, 2.45) is 0 Å². The summed E-state index contributed by atoms with van der Waals surface area (Å²) in [5, 5.41) is 8.69. The van der Waals surface area contributed by atoms with Gasteiger partial charge in [-0.25, -0.2) is 22.6 Å². The molecule has 8 nitrogen and oxygen atoms in total. The number of halogens is 5. The van der Waals surface area contributed by atoms with Crippen molar-refractivity contribution in [1.82, 2.24) is 9.88 Å². The lowest BCUT2D eigenvalue weighted by atomic mass is 10.1. The van der Waals surface area contributed by atoms with Crippen molar-refractivity contribution in [2.75, 3.05) is 17.8 Å². The second kappa shape index (κ2) is 12.7. The summed E-state index contributed by atoms with van der Waals surface area (Å²) in [5.74, 6) is -3.41. The standard InChI is InChI=1S/C21H21ClFN3O3S2.C2HF3O2/c22-17-10-20(31(27,28)25-21-13-30-14-24-21)18(23)11-19(17)29-16-6-8-26(9-7-16)12-15-4-2-1-3-5-15;3-2(4,5)1(6)7/h1-5,10-11,13-14,16,25H,6-9,12H2;(H,6,7). The summed E-state index contributed by atoms with van der Waals surface area (Å²) in [4.78, 5) is 14.5. The molecule has 0 bridgehead atoms. The van der Waals surface area contributed by atoms with E-state index in [1.165, 1.54) is 27.8 Å². The Morgan fingerprint density at radius 1 is 1.21 bits per heavy atom. The van der Waals surface area contributed by atoms with Gasteiger partial charge in [-0.15, -0.1) is 11.3 Å². The first-order valence-electron chi connectivity index (χ1n) is 11.0. The third-order valence-electron chi connectivity index (χ3n) is 5.27. The molecular formula is C23H22ClF4N3O5S2. The maximum atomic E-state index is 14.6. The summed E-state index contributed by atoms with van der Waals surface area (Å²) < 4.78 is 79.5. The Morgan fingerprint density at radius 3 is 2.39 bits per heavy atom. The highest BCUT2D eigenvalue weighted by Crippen LogP contribution is 2.33. The highest BCUT2D eigenvalue weighted by molar-refractivity contribution is 7.92. The molecule has 0 aliphatic carbocycles. The number of benzene rings is 2. The van der Waals surface area contributed by atoms with Crippen LogP contribution in [0.2, 0.25) is 5.02 Å². The minimum atomic E-state index is -5.08. The van der Waals surface area contributed by atoms with Crippen LogP contribution in [-0.2, 0) is 21.4 Å². The van der Waals surface area contributed by atoms with Crippen LogP contribution in [0.3, 0.4) is 0 Å². The smallest absolute Gasteiger partial charge is 0.489 e. The molecule has 1 saturated heterocycles. The van der Waals surface area contributed by atoms with Gasteiger partial charge >= 0.3 is 12.1 Å². The Bertz CT molecular complexity index is 1320. The summed E-state index contributed by atoms with van der Waals surface area (Å²) in [6.45, 7) is 2.58. The Balaban J connectivity index is 0.000000505. The van der Waals surface area contributed by atoms with Crippen molar-refractivity contribution in [3.8, 4) is 5.75 Å². The molecule has 0 unspecified atom stereocenters. The fraction of sp³-hybridized carbons (Fsp3) is 0.304. The van der Waals surface area contributed by atoms with E-state index in [0.717, 1.165) is 44.6 Å². The average molecular weight is 596 g/mol. The summed E-state index contributed by atoms with van der Waals surface area (Å²) in [7, 11) is -4.15. The van der Waals surface area contributed by atoms with Crippen LogP contribution in [0.15, 0.2) is 58.3 Å². The van der Waals surface area contributed by atoms with Gasteiger partial charge < -0.3 is 9.84 Å². The van der Waals surface area contributed by atoms with Crippen molar-refractivity contribution < 1.29 is 40.6 Å². The van der Waals surface area contributed by atoms with E-state index in [1.54, 1.807) is 0 Å². The van der Waals surface area contributed by atoms with E-state index in [2.05, 4.69) is 26.7 Å². The van der Waals surface area contributed by atoms with E-state index < -0.39 is 32.9 Å². The van der Waals surface area contributed by atoms with Crippen LogP contribution in [0.25, 0.3) is 0 Å². The number of carboxylic acid groups (broad SMARTS) is 1. The molecule has 206 valence electrons. The molecule has 1 aromatic heterocycles. The Hall–Kier alpha value is -2.94. The number of piperidine rings is 1. The third kappa shape index (κ3) is 8.55. The molecule has 0 amide bonds. The molecule has 0 atom stereocenters. The van der Waals surface area contributed by atoms with E-state index in [0.29, 0.717) is 0 Å². The number of aliphatic carboxylic acids is 1. The second-order valence-corrected chi connectivity index (χ2v) is 10.9. The number of aromatic nitrogens is 1. The van der Waals surface area contributed by atoms with Crippen LogP contribution in [0.4, 0.5) is 23.4 Å². The largest absolute Gasteiger partial charge is 0.490 e. The van der Waals surface area contributed by atoms with Crippen LogP contribution in [0.5, 0.6) is 5.75 Å². The maximum Gasteiger partial charge on any atom is 0.490 e. The van der Waals surface area contributed by atoms with Crippen LogP contribution in [-0.4, -0.2) is 54.7 Å². The Labute approximate surface area is 224 Å². The van der Waals surface area contributed by atoms with Gasteiger partial charge in [-0.05, 0) is 24.5 Å². The van der Waals surface area contributed by atoms with Crippen LogP contribution < -0.4 is 9.46 Å². The van der Waals surface area contributed by atoms with Gasteiger partial charge in [0.15, 0.2) is 5.82 Å². The number of thiazole rings is 1. The van der Waals surface area contributed by atoms with Crippen LogP contribution >= 0.6 is 22.9 Å². The number of nitrogens with one attached hydrogen (secondary N) is 1. The predicted octanol–water partition coefficient (Wildman–Crippen LogP) is 5.41. The minimum Gasteiger partial charge on any atom is -0.489 e. The third-order valence-corrected chi connectivity index (χ3v) is 7.52. The number of nitrogens with zero attached hydrogens (tertiary/aromatic N) is 2. The number of ether oxygens (including phenoxy) is 1. The first-order chi connectivity index (χ1) is 17.8. The van der Waals surface area contributed by atoms with Crippen molar-refractivity contribution in [3.63, 3.8) is 0 Å². The molecule has 4 rings (SSSR count). The van der Waals surface area contributed by atoms with Crippen LogP contribution in [0, 0.1) is 5.82 Å². The summed E-state index contributed by atoms with van der Waals surface area (Å²) in [6.07, 6.45) is -3.65. The molecule has 2 heterocycles. The molecule has 2 aromatic carbocycles. The average Bonchev–Trinajstić information content (AvgIpc) is 3.35. The van der Waals surface area contributed by atoms with Gasteiger partial charge in [-0.2, -0.15) is 13.2 Å². The van der Waals surface area contributed by atoms with Crippen LogP contribution in [0.1, 0.15) is 18.4 Å². The van der Waals surface area contributed by atoms with Gasteiger partial charge in [0.25, 0.3) is 10.0 Å². The lowest BCUT2D eigenvalue weighted by Gasteiger charge is -2.32. The molecule has 0 radical (unpaired) electrons. The molecule has 2 N–H and O–H groups in total. The normalized spacial score (nSPS) is 14.9. The van der Waals surface area contributed by atoms with Crippen molar-refractivity contribution in [2.45, 2.75) is 36.6 Å². The number of alkyl halides is 3. The summed E-state index contributed by atoms with van der Waals surface area (Å²) in [5.41, 5.74) is 2.73. The van der Waals surface area contributed by atoms with Gasteiger partial charge in [-0.3, -0.25) is 9.62 Å². The lowest BCUT2D eigenvalue weighted by molar-refractivity contribution is -0.192. The molecule has 3 aromatic rings. The fourth-order valence-electron chi connectivity index (χ4n) is 3.47. The molecule has 0 spiro atoms. The van der Waals surface area contributed by atoms with Crippen molar-refractivity contribution >= 4 is 44.7 Å².